The number of hydrogen-bond donors (Lipinski definition) is 2. The molecule has 1 fully saturated rings. The molecule has 0 radical (unpaired) electrons. The molecule has 1 heterocycles. The average Bonchev–Trinajstić information content (AvgIpc) is 2.96. The third-order valence-corrected chi connectivity index (χ3v) is 3.77. The maximum absolute atomic E-state index is 12.2. The molecule has 0 saturated heterocycles. The largest absolute Gasteiger partial charge is 0.394 e. The fraction of sp³-hybridized carbons (Fsp3) is 0.692. The van der Waals surface area contributed by atoms with Gasteiger partial charge in [0.1, 0.15) is 5.69 Å². The van der Waals surface area contributed by atoms with E-state index in [4.69, 9.17) is 0 Å². The van der Waals surface area contributed by atoms with Crippen molar-refractivity contribution in [1.82, 2.24) is 15.1 Å². The minimum atomic E-state index is -0.423. The van der Waals surface area contributed by atoms with Gasteiger partial charge in [-0.05, 0) is 25.3 Å². The van der Waals surface area contributed by atoms with E-state index in [0.717, 1.165) is 37.8 Å². The number of aryl methyl sites for hydroxylation is 2. The molecule has 5 heteroatoms. The van der Waals surface area contributed by atoms with E-state index >= 15 is 0 Å². The summed E-state index contributed by atoms with van der Waals surface area (Å²) >= 11 is 0. The van der Waals surface area contributed by atoms with Gasteiger partial charge in [0.25, 0.3) is 5.91 Å². The number of hydrogen-bond acceptors (Lipinski definition) is 3. The van der Waals surface area contributed by atoms with E-state index in [1.54, 1.807) is 11.7 Å². The number of carbonyl (C=O) groups is 1. The van der Waals surface area contributed by atoms with Gasteiger partial charge in [-0.3, -0.25) is 9.48 Å². The normalized spacial score (nSPS) is 17.9. The van der Waals surface area contributed by atoms with Gasteiger partial charge in [0.15, 0.2) is 0 Å². The predicted octanol–water partition coefficient (Wildman–Crippen LogP) is 1.02. The first-order chi connectivity index (χ1) is 8.60. The zero-order valence-corrected chi connectivity index (χ0v) is 11.1. The van der Waals surface area contributed by atoms with Crippen molar-refractivity contribution in [2.75, 3.05) is 6.61 Å². The lowest BCUT2D eigenvalue weighted by molar-refractivity contribution is 0.0829. The van der Waals surface area contributed by atoms with Gasteiger partial charge in [0, 0.05) is 7.05 Å². The van der Waals surface area contributed by atoms with E-state index in [9.17, 15) is 9.90 Å². The van der Waals surface area contributed by atoms with Crippen molar-refractivity contribution < 1.29 is 9.90 Å². The Morgan fingerprint density at radius 2 is 2.22 bits per heavy atom. The van der Waals surface area contributed by atoms with E-state index in [1.165, 1.54) is 0 Å². The second-order valence-electron chi connectivity index (χ2n) is 5.10. The lowest BCUT2D eigenvalue weighted by Gasteiger charge is -2.27. The SMILES string of the molecule is CCc1cc(C(=O)NC2(CO)CCCC2)n(C)n1. The summed E-state index contributed by atoms with van der Waals surface area (Å²) in [6.45, 7) is 2.02. The molecule has 2 N–H and O–H groups in total. The molecule has 0 bridgehead atoms. The van der Waals surface area contributed by atoms with Crippen LogP contribution in [0.4, 0.5) is 0 Å². The van der Waals surface area contributed by atoms with Crippen molar-refractivity contribution in [1.29, 1.82) is 0 Å². The van der Waals surface area contributed by atoms with Gasteiger partial charge in [0.05, 0.1) is 17.8 Å². The van der Waals surface area contributed by atoms with E-state index in [2.05, 4.69) is 10.4 Å². The highest BCUT2D eigenvalue weighted by Gasteiger charge is 2.35. The third-order valence-electron chi connectivity index (χ3n) is 3.77. The monoisotopic (exact) mass is 251 g/mol. The van der Waals surface area contributed by atoms with Crippen LogP contribution >= 0.6 is 0 Å². The van der Waals surface area contributed by atoms with Crippen molar-refractivity contribution in [3.05, 3.63) is 17.5 Å². The zero-order chi connectivity index (χ0) is 13.2. The number of carbonyl (C=O) groups excluding carboxylic acids is 1. The summed E-state index contributed by atoms with van der Waals surface area (Å²) < 4.78 is 1.61. The highest BCUT2D eigenvalue weighted by Crippen LogP contribution is 2.29. The number of aliphatic hydroxyl groups excluding tert-OH is 1. The van der Waals surface area contributed by atoms with Crippen molar-refractivity contribution in [3.63, 3.8) is 0 Å². The Hall–Kier alpha value is -1.36. The van der Waals surface area contributed by atoms with Crippen LogP contribution in [0.1, 0.15) is 48.8 Å². The molecule has 1 aliphatic rings. The summed E-state index contributed by atoms with van der Waals surface area (Å²) in [6.07, 6.45) is 4.65. The van der Waals surface area contributed by atoms with Gasteiger partial charge >= 0.3 is 0 Å². The van der Waals surface area contributed by atoms with E-state index in [-0.39, 0.29) is 12.5 Å². The predicted molar refractivity (Wildman–Crippen MR) is 68.3 cm³/mol. The van der Waals surface area contributed by atoms with Crippen LogP contribution in [0, 0.1) is 0 Å². The minimum absolute atomic E-state index is 0.0111. The Balaban J connectivity index is 2.13. The van der Waals surface area contributed by atoms with Gasteiger partial charge in [0.2, 0.25) is 0 Å². The van der Waals surface area contributed by atoms with Gasteiger partial charge in [-0.2, -0.15) is 5.10 Å². The standard InChI is InChI=1S/C13H21N3O2/c1-3-10-8-11(16(2)15-10)12(18)14-13(9-17)6-4-5-7-13/h8,17H,3-7,9H2,1-2H3,(H,14,18). The smallest absolute Gasteiger partial charge is 0.270 e. The summed E-state index contributed by atoms with van der Waals surface area (Å²) in [4.78, 5) is 12.2. The lowest BCUT2D eigenvalue weighted by Crippen LogP contribution is -2.49. The molecule has 1 aromatic rings. The van der Waals surface area contributed by atoms with Gasteiger partial charge in [-0.25, -0.2) is 0 Å². The third kappa shape index (κ3) is 2.41. The quantitative estimate of drug-likeness (QED) is 0.839. The first-order valence-corrected chi connectivity index (χ1v) is 6.56. The number of nitrogens with one attached hydrogen (secondary N) is 1. The Morgan fingerprint density at radius 1 is 1.56 bits per heavy atom. The molecule has 0 aliphatic heterocycles. The first kappa shape index (κ1) is 13.1. The van der Waals surface area contributed by atoms with Crippen LogP contribution < -0.4 is 5.32 Å². The molecule has 1 aliphatic carbocycles. The molecular weight excluding hydrogens is 230 g/mol. The summed E-state index contributed by atoms with van der Waals surface area (Å²) in [5, 5.41) is 16.7. The van der Waals surface area contributed by atoms with Crippen molar-refractivity contribution in [2.24, 2.45) is 7.05 Å². The fourth-order valence-electron chi connectivity index (χ4n) is 2.59. The van der Waals surface area contributed by atoms with Gasteiger partial charge < -0.3 is 10.4 Å². The minimum Gasteiger partial charge on any atom is -0.394 e. The van der Waals surface area contributed by atoms with Crippen LogP contribution in [0.2, 0.25) is 0 Å². The maximum Gasteiger partial charge on any atom is 0.270 e. The molecule has 0 spiro atoms. The van der Waals surface area contributed by atoms with Gasteiger partial charge in [-0.1, -0.05) is 19.8 Å². The topological polar surface area (TPSA) is 67.2 Å². The Morgan fingerprint density at radius 3 is 2.72 bits per heavy atom. The van der Waals surface area contributed by atoms with Crippen molar-refractivity contribution in [2.45, 2.75) is 44.6 Å². The van der Waals surface area contributed by atoms with Crippen molar-refractivity contribution in [3.8, 4) is 0 Å². The Bertz CT molecular complexity index is 433. The Kier molecular flexibility index (Phi) is 3.71. The number of nitrogens with zero attached hydrogens (tertiary/aromatic N) is 2. The molecule has 18 heavy (non-hydrogen) atoms. The molecule has 0 aromatic carbocycles. The molecule has 1 aromatic heterocycles. The second-order valence-corrected chi connectivity index (χ2v) is 5.10. The summed E-state index contributed by atoms with van der Waals surface area (Å²) in [6, 6.07) is 1.81. The number of aliphatic hydroxyl groups is 1. The fourth-order valence-corrected chi connectivity index (χ4v) is 2.59. The first-order valence-electron chi connectivity index (χ1n) is 6.56. The average molecular weight is 251 g/mol. The lowest BCUT2D eigenvalue weighted by atomic mass is 9.98. The number of aromatic nitrogens is 2. The van der Waals surface area contributed by atoms with Crippen LogP contribution in [0.3, 0.4) is 0 Å². The molecule has 1 amide bonds. The zero-order valence-electron chi connectivity index (χ0n) is 11.1. The molecular formula is C13H21N3O2. The second kappa shape index (κ2) is 5.10. The molecule has 5 nitrogen and oxygen atoms in total. The van der Waals surface area contributed by atoms with E-state index in [0.29, 0.717) is 5.69 Å². The number of amides is 1. The summed E-state index contributed by atoms with van der Waals surface area (Å²) in [5.41, 5.74) is 1.05. The highest BCUT2D eigenvalue weighted by molar-refractivity contribution is 5.93. The van der Waals surface area contributed by atoms with Crippen LogP contribution in [-0.4, -0.2) is 32.9 Å². The van der Waals surface area contributed by atoms with Crippen LogP contribution in [-0.2, 0) is 13.5 Å². The molecule has 1 saturated carbocycles. The van der Waals surface area contributed by atoms with E-state index in [1.807, 2.05) is 13.0 Å². The number of rotatable bonds is 4. The van der Waals surface area contributed by atoms with Crippen LogP contribution in [0.5, 0.6) is 0 Å². The maximum atomic E-state index is 12.2. The molecule has 0 atom stereocenters. The van der Waals surface area contributed by atoms with E-state index < -0.39 is 5.54 Å². The van der Waals surface area contributed by atoms with Crippen LogP contribution in [0.25, 0.3) is 0 Å². The molecule has 100 valence electrons. The Labute approximate surface area is 107 Å². The van der Waals surface area contributed by atoms with Crippen molar-refractivity contribution >= 4 is 5.91 Å². The van der Waals surface area contributed by atoms with Gasteiger partial charge in [-0.15, -0.1) is 0 Å². The molecule has 0 unspecified atom stereocenters. The summed E-state index contributed by atoms with van der Waals surface area (Å²) in [7, 11) is 1.77. The molecule has 2 rings (SSSR count). The van der Waals surface area contributed by atoms with Crippen LogP contribution in [0.15, 0.2) is 6.07 Å². The summed E-state index contributed by atoms with van der Waals surface area (Å²) in [5.74, 6) is -0.138. The highest BCUT2D eigenvalue weighted by atomic mass is 16.3.